The number of amidine groups is 1. The molecule has 0 unspecified atom stereocenters. The molecule has 0 radical (unpaired) electrons. The fourth-order valence-corrected chi connectivity index (χ4v) is 1.51. The summed E-state index contributed by atoms with van der Waals surface area (Å²) >= 11 is 0. The van der Waals surface area contributed by atoms with Crippen molar-refractivity contribution in [3.63, 3.8) is 0 Å². The van der Waals surface area contributed by atoms with Gasteiger partial charge in [0.1, 0.15) is 5.84 Å². The summed E-state index contributed by atoms with van der Waals surface area (Å²) in [5, 5.41) is 11.4. The van der Waals surface area contributed by atoms with Crippen LogP contribution in [0.4, 0.5) is 0 Å². The normalized spacial score (nSPS) is 12.3. The van der Waals surface area contributed by atoms with Gasteiger partial charge < -0.3 is 15.8 Å². The molecule has 3 N–H and O–H groups in total. The highest BCUT2D eigenvalue weighted by atomic mass is 16.4. The van der Waals surface area contributed by atoms with E-state index in [1.54, 1.807) is 0 Å². The first-order valence-electron chi connectivity index (χ1n) is 5.93. The van der Waals surface area contributed by atoms with Crippen molar-refractivity contribution >= 4 is 5.84 Å². The largest absolute Gasteiger partial charge is 0.409 e. The Morgan fingerprint density at radius 1 is 1.20 bits per heavy atom. The predicted molar refractivity (Wildman–Crippen MR) is 64.3 cm³/mol. The first-order chi connectivity index (χ1) is 7.24. The van der Waals surface area contributed by atoms with Crippen molar-refractivity contribution in [2.24, 2.45) is 10.9 Å². The van der Waals surface area contributed by atoms with E-state index >= 15 is 0 Å². The molecule has 4 heteroatoms. The molecule has 0 aliphatic heterocycles. The minimum absolute atomic E-state index is 0.321. The standard InChI is InChI=1S/C11H25N3O/c1-3-5-6-7-9-14(4-2)10-8-11(12)13-15/h15H,3-10H2,1-2H3,(H2,12,13). The number of unbranched alkanes of at least 4 members (excludes halogenated alkanes) is 3. The van der Waals surface area contributed by atoms with Crippen LogP contribution in [-0.2, 0) is 0 Å². The lowest BCUT2D eigenvalue weighted by atomic mass is 10.2. The molecular formula is C11H25N3O. The van der Waals surface area contributed by atoms with Gasteiger partial charge >= 0.3 is 0 Å². The van der Waals surface area contributed by atoms with Crippen LogP contribution in [0.15, 0.2) is 5.16 Å². The summed E-state index contributed by atoms with van der Waals surface area (Å²) in [5.41, 5.74) is 5.43. The second kappa shape index (κ2) is 9.77. The topological polar surface area (TPSA) is 61.8 Å². The van der Waals surface area contributed by atoms with Crippen LogP contribution in [0.5, 0.6) is 0 Å². The number of hydrogen-bond acceptors (Lipinski definition) is 3. The molecule has 0 aromatic carbocycles. The quantitative estimate of drug-likeness (QED) is 0.203. The molecule has 90 valence electrons. The minimum Gasteiger partial charge on any atom is -0.409 e. The Hall–Kier alpha value is -0.770. The number of oxime groups is 1. The molecule has 15 heavy (non-hydrogen) atoms. The van der Waals surface area contributed by atoms with Crippen LogP contribution in [0.25, 0.3) is 0 Å². The van der Waals surface area contributed by atoms with E-state index in [-0.39, 0.29) is 0 Å². The van der Waals surface area contributed by atoms with E-state index in [0.29, 0.717) is 12.3 Å². The van der Waals surface area contributed by atoms with E-state index in [9.17, 15) is 0 Å². The second-order valence-electron chi connectivity index (χ2n) is 3.84. The molecule has 0 fully saturated rings. The Morgan fingerprint density at radius 2 is 1.93 bits per heavy atom. The fourth-order valence-electron chi connectivity index (χ4n) is 1.51. The molecule has 0 atom stereocenters. The number of hydrogen-bond donors (Lipinski definition) is 2. The molecule has 0 aromatic heterocycles. The molecule has 0 saturated carbocycles. The van der Waals surface area contributed by atoms with Gasteiger partial charge in [-0.05, 0) is 19.5 Å². The number of nitrogens with zero attached hydrogens (tertiary/aromatic N) is 2. The summed E-state index contributed by atoms with van der Waals surface area (Å²) in [7, 11) is 0. The van der Waals surface area contributed by atoms with Gasteiger partial charge in [0.2, 0.25) is 0 Å². The molecule has 0 aliphatic carbocycles. The highest BCUT2D eigenvalue weighted by molar-refractivity contribution is 5.79. The Balaban J connectivity index is 3.55. The van der Waals surface area contributed by atoms with Crippen molar-refractivity contribution in [2.75, 3.05) is 19.6 Å². The third-order valence-electron chi connectivity index (χ3n) is 2.59. The minimum atomic E-state index is 0.321. The van der Waals surface area contributed by atoms with E-state index in [0.717, 1.165) is 19.6 Å². The average molecular weight is 215 g/mol. The summed E-state index contributed by atoms with van der Waals surface area (Å²) in [4.78, 5) is 2.34. The number of nitrogens with two attached hydrogens (primary N) is 1. The third kappa shape index (κ3) is 8.24. The molecule has 0 aromatic rings. The van der Waals surface area contributed by atoms with Crippen molar-refractivity contribution in [3.8, 4) is 0 Å². The van der Waals surface area contributed by atoms with Crippen molar-refractivity contribution in [2.45, 2.75) is 46.0 Å². The zero-order valence-corrected chi connectivity index (χ0v) is 10.1. The maximum absolute atomic E-state index is 8.41. The van der Waals surface area contributed by atoms with E-state index in [1.807, 2.05) is 0 Å². The lowest BCUT2D eigenvalue weighted by Gasteiger charge is -2.19. The van der Waals surface area contributed by atoms with Gasteiger partial charge in [0.05, 0.1) is 0 Å². The van der Waals surface area contributed by atoms with Crippen LogP contribution in [0.1, 0.15) is 46.0 Å². The smallest absolute Gasteiger partial charge is 0.140 e. The summed E-state index contributed by atoms with van der Waals surface area (Å²) < 4.78 is 0. The Morgan fingerprint density at radius 3 is 2.47 bits per heavy atom. The van der Waals surface area contributed by atoms with Gasteiger partial charge in [0, 0.05) is 13.0 Å². The summed E-state index contributed by atoms with van der Waals surface area (Å²) in [5.74, 6) is 0.321. The van der Waals surface area contributed by atoms with Crippen LogP contribution in [-0.4, -0.2) is 35.6 Å². The fraction of sp³-hybridized carbons (Fsp3) is 0.909. The Bertz CT molecular complexity index is 171. The molecule has 0 rings (SSSR count). The molecule has 0 saturated heterocycles. The van der Waals surface area contributed by atoms with Crippen LogP contribution in [0, 0.1) is 0 Å². The first-order valence-corrected chi connectivity index (χ1v) is 5.93. The maximum Gasteiger partial charge on any atom is 0.140 e. The van der Waals surface area contributed by atoms with E-state index in [4.69, 9.17) is 10.9 Å². The van der Waals surface area contributed by atoms with E-state index in [1.165, 1.54) is 25.7 Å². The van der Waals surface area contributed by atoms with Gasteiger partial charge in [0.15, 0.2) is 0 Å². The molecule has 0 bridgehead atoms. The van der Waals surface area contributed by atoms with Crippen molar-refractivity contribution < 1.29 is 5.21 Å². The number of rotatable bonds is 9. The molecule has 0 amide bonds. The Kier molecular flexibility index (Phi) is 9.27. The highest BCUT2D eigenvalue weighted by Gasteiger charge is 2.03. The van der Waals surface area contributed by atoms with Gasteiger partial charge in [-0.3, -0.25) is 0 Å². The van der Waals surface area contributed by atoms with Gasteiger partial charge in [-0.2, -0.15) is 0 Å². The molecule has 0 spiro atoms. The first kappa shape index (κ1) is 14.2. The third-order valence-corrected chi connectivity index (χ3v) is 2.59. The second-order valence-corrected chi connectivity index (χ2v) is 3.84. The summed E-state index contributed by atoms with van der Waals surface area (Å²) in [6, 6.07) is 0. The predicted octanol–water partition coefficient (Wildman–Crippen LogP) is 2.03. The molecular weight excluding hydrogens is 190 g/mol. The summed E-state index contributed by atoms with van der Waals surface area (Å²) in [6.07, 6.45) is 5.79. The lowest BCUT2D eigenvalue weighted by molar-refractivity contribution is 0.283. The lowest BCUT2D eigenvalue weighted by Crippen LogP contribution is -2.29. The van der Waals surface area contributed by atoms with Gasteiger partial charge in [-0.25, -0.2) is 0 Å². The Labute approximate surface area is 93.1 Å². The molecule has 0 aliphatic rings. The molecule has 4 nitrogen and oxygen atoms in total. The van der Waals surface area contributed by atoms with Crippen LogP contribution in [0.2, 0.25) is 0 Å². The maximum atomic E-state index is 8.41. The average Bonchev–Trinajstić information content (AvgIpc) is 2.27. The van der Waals surface area contributed by atoms with Crippen LogP contribution in [0.3, 0.4) is 0 Å². The SMILES string of the molecule is CCCCCCN(CC)CCC(N)=NO. The van der Waals surface area contributed by atoms with E-state index in [2.05, 4.69) is 23.9 Å². The summed E-state index contributed by atoms with van der Waals surface area (Å²) in [6.45, 7) is 7.40. The van der Waals surface area contributed by atoms with Gasteiger partial charge in [-0.1, -0.05) is 38.3 Å². The van der Waals surface area contributed by atoms with Crippen molar-refractivity contribution in [3.05, 3.63) is 0 Å². The molecule has 0 heterocycles. The van der Waals surface area contributed by atoms with Gasteiger partial charge in [0.25, 0.3) is 0 Å². The van der Waals surface area contributed by atoms with E-state index < -0.39 is 0 Å². The highest BCUT2D eigenvalue weighted by Crippen LogP contribution is 2.01. The van der Waals surface area contributed by atoms with Crippen molar-refractivity contribution in [1.82, 2.24) is 4.90 Å². The zero-order valence-electron chi connectivity index (χ0n) is 10.1. The van der Waals surface area contributed by atoms with Gasteiger partial charge in [-0.15, -0.1) is 0 Å². The van der Waals surface area contributed by atoms with Crippen molar-refractivity contribution in [1.29, 1.82) is 0 Å². The van der Waals surface area contributed by atoms with Crippen LogP contribution >= 0.6 is 0 Å². The van der Waals surface area contributed by atoms with Crippen LogP contribution < -0.4 is 5.73 Å². The monoisotopic (exact) mass is 215 g/mol. The zero-order chi connectivity index (χ0) is 11.5.